The fourth-order valence-electron chi connectivity index (χ4n) is 3.36. The predicted molar refractivity (Wildman–Crippen MR) is 103 cm³/mol. The third-order valence-electron chi connectivity index (χ3n) is 4.77. The van der Waals surface area contributed by atoms with Crippen LogP contribution < -0.4 is 10.3 Å². The molecule has 1 aromatic heterocycles. The molecule has 144 valence electrons. The van der Waals surface area contributed by atoms with Crippen LogP contribution >= 0.6 is 0 Å². The molecule has 1 atom stereocenters. The summed E-state index contributed by atoms with van der Waals surface area (Å²) >= 11 is 0. The van der Waals surface area contributed by atoms with E-state index in [1.165, 1.54) is 11.7 Å². The molecule has 0 saturated carbocycles. The smallest absolute Gasteiger partial charge is 0.293 e. The van der Waals surface area contributed by atoms with Crippen molar-refractivity contribution in [2.24, 2.45) is 0 Å². The van der Waals surface area contributed by atoms with Crippen molar-refractivity contribution in [1.29, 1.82) is 0 Å². The molecule has 6 heteroatoms. The van der Waals surface area contributed by atoms with Gasteiger partial charge in [-0.2, -0.15) is 0 Å². The number of hydrogen-bond acceptors (Lipinski definition) is 4. The van der Waals surface area contributed by atoms with Crippen molar-refractivity contribution in [3.63, 3.8) is 0 Å². The van der Waals surface area contributed by atoms with E-state index in [-0.39, 0.29) is 29.9 Å². The zero-order valence-corrected chi connectivity index (χ0v) is 15.9. The summed E-state index contributed by atoms with van der Waals surface area (Å²) in [5.41, 5.74) is 1.92. The molecule has 1 aromatic carbocycles. The largest absolute Gasteiger partial charge is 0.491 e. The average molecular weight is 370 g/mol. The Morgan fingerprint density at radius 1 is 1.33 bits per heavy atom. The van der Waals surface area contributed by atoms with E-state index in [0.717, 1.165) is 30.6 Å². The maximum Gasteiger partial charge on any atom is 0.293 e. The van der Waals surface area contributed by atoms with Crippen molar-refractivity contribution >= 4 is 5.91 Å². The number of rotatable bonds is 7. The van der Waals surface area contributed by atoms with Crippen LogP contribution in [0.1, 0.15) is 24.0 Å². The third-order valence-corrected chi connectivity index (χ3v) is 4.77. The van der Waals surface area contributed by atoms with Crippen molar-refractivity contribution < 1.29 is 14.3 Å². The van der Waals surface area contributed by atoms with Gasteiger partial charge in [-0.05, 0) is 37.5 Å². The summed E-state index contributed by atoms with van der Waals surface area (Å²) in [6.07, 6.45) is 3.64. The lowest BCUT2D eigenvalue weighted by Crippen LogP contribution is -2.40. The lowest BCUT2D eigenvalue weighted by molar-refractivity contribution is -0.134. The van der Waals surface area contributed by atoms with Crippen LogP contribution in [0.3, 0.4) is 0 Å². The second kappa shape index (κ2) is 8.86. The van der Waals surface area contributed by atoms with E-state index < -0.39 is 0 Å². The molecule has 1 amide bonds. The highest BCUT2D eigenvalue weighted by Crippen LogP contribution is 2.16. The number of methoxy groups -OCH3 is 1. The van der Waals surface area contributed by atoms with Gasteiger partial charge in [0.05, 0.1) is 13.2 Å². The summed E-state index contributed by atoms with van der Waals surface area (Å²) in [5.74, 6) is 0.122. The molecular weight excluding hydrogens is 344 g/mol. The molecule has 0 radical (unpaired) electrons. The minimum Gasteiger partial charge on any atom is -0.491 e. The van der Waals surface area contributed by atoms with Gasteiger partial charge in [0.15, 0.2) is 5.75 Å². The Hall–Kier alpha value is -2.60. The first-order chi connectivity index (χ1) is 13.1. The van der Waals surface area contributed by atoms with Crippen LogP contribution in [0.5, 0.6) is 5.75 Å². The molecule has 1 aliphatic rings. The van der Waals surface area contributed by atoms with Gasteiger partial charge in [-0.3, -0.25) is 9.59 Å². The zero-order chi connectivity index (χ0) is 19.2. The zero-order valence-electron chi connectivity index (χ0n) is 15.9. The molecule has 1 saturated heterocycles. The molecule has 0 bridgehead atoms. The normalized spacial score (nSPS) is 16.3. The number of hydrogen-bond donors (Lipinski definition) is 0. The highest BCUT2D eigenvalue weighted by atomic mass is 16.5. The Labute approximate surface area is 159 Å². The molecule has 0 N–H and O–H groups in total. The van der Waals surface area contributed by atoms with E-state index >= 15 is 0 Å². The molecule has 1 aliphatic heterocycles. The first-order valence-electron chi connectivity index (χ1n) is 9.25. The molecule has 27 heavy (non-hydrogen) atoms. The van der Waals surface area contributed by atoms with Gasteiger partial charge in [-0.15, -0.1) is 0 Å². The topological polar surface area (TPSA) is 60.8 Å². The number of aromatic nitrogens is 1. The van der Waals surface area contributed by atoms with Gasteiger partial charge in [0, 0.05) is 25.9 Å². The monoisotopic (exact) mass is 370 g/mol. The van der Waals surface area contributed by atoms with Gasteiger partial charge in [0.25, 0.3) is 5.56 Å². The predicted octanol–water partition coefficient (Wildman–Crippen LogP) is 2.37. The summed E-state index contributed by atoms with van der Waals surface area (Å²) in [5, 5.41) is 0. The summed E-state index contributed by atoms with van der Waals surface area (Å²) in [6.45, 7) is 3.79. The van der Waals surface area contributed by atoms with Crippen LogP contribution in [0.25, 0.3) is 0 Å². The second-order valence-corrected chi connectivity index (χ2v) is 6.91. The Kier molecular flexibility index (Phi) is 6.29. The van der Waals surface area contributed by atoms with E-state index in [1.807, 2.05) is 25.1 Å². The van der Waals surface area contributed by atoms with Crippen molar-refractivity contribution in [3.8, 4) is 5.75 Å². The van der Waals surface area contributed by atoms with E-state index in [4.69, 9.17) is 9.47 Å². The number of carbonyl (C=O) groups excluding carboxylic acids is 1. The Bertz CT molecular complexity index is 840. The first-order valence-corrected chi connectivity index (χ1v) is 9.25. The van der Waals surface area contributed by atoms with E-state index in [9.17, 15) is 9.59 Å². The van der Waals surface area contributed by atoms with E-state index in [1.54, 1.807) is 23.2 Å². The second-order valence-electron chi connectivity index (χ2n) is 6.91. The lowest BCUT2D eigenvalue weighted by Gasteiger charge is -2.26. The minimum absolute atomic E-state index is 0.0193. The highest BCUT2D eigenvalue weighted by molar-refractivity contribution is 5.76. The van der Waals surface area contributed by atoms with Crippen LogP contribution in [0.2, 0.25) is 0 Å². The van der Waals surface area contributed by atoms with Gasteiger partial charge in [0.1, 0.15) is 6.54 Å². The SMILES string of the molecule is COc1cccn(CC(=O)N(Cc2cccc(C)c2)C[C@H]2CCCO2)c1=O. The molecule has 0 unspecified atom stereocenters. The summed E-state index contributed by atoms with van der Waals surface area (Å²) < 4.78 is 12.2. The van der Waals surface area contributed by atoms with Gasteiger partial charge >= 0.3 is 0 Å². The molecule has 0 spiro atoms. The maximum atomic E-state index is 13.0. The van der Waals surface area contributed by atoms with Crippen LogP contribution in [0.4, 0.5) is 0 Å². The average Bonchev–Trinajstić information content (AvgIpc) is 3.16. The van der Waals surface area contributed by atoms with E-state index in [0.29, 0.717) is 13.1 Å². The van der Waals surface area contributed by atoms with Crippen molar-refractivity contribution in [2.75, 3.05) is 20.3 Å². The Morgan fingerprint density at radius 2 is 2.19 bits per heavy atom. The lowest BCUT2D eigenvalue weighted by atomic mass is 10.1. The minimum atomic E-state index is -0.305. The van der Waals surface area contributed by atoms with E-state index in [2.05, 4.69) is 6.07 Å². The highest BCUT2D eigenvalue weighted by Gasteiger charge is 2.23. The van der Waals surface area contributed by atoms with Crippen LogP contribution in [0, 0.1) is 6.92 Å². The standard InChI is InChI=1S/C21H26N2O4/c1-16-6-3-7-17(12-16)13-23(14-18-8-5-11-27-18)20(24)15-22-10-4-9-19(26-2)21(22)25/h3-4,6-7,9-10,12,18H,5,8,11,13-15H2,1-2H3/t18-/m1/s1. The van der Waals surface area contributed by atoms with Crippen LogP contribution in [-0.4, -0.2) is 41.7 Å². The van der Waals surface area contributed by atoms with Gasteiger partial charge in [-0.25, -0.2) is 0 Å². The molecule has 3 rings (SSSR count). The van der Waals surface area contributed by atoms with Gasteiger partial charge < -0.3 is 18.9 Å². The fraction of sp³-hybridized carbons (Fsp3) is 0.429. The fourth-order valence-corrected chi connectivity index (χ4v) is 3.36. The van der Waals surface area contributed by atoms with Crippen molar-refractivity contribution in [2.45, 2.75) is 39.0 Å². The molecule has 0 aliphatic carbocycles. The summed E-state index contributed by atoms with van der Waals surface area (Å²) in [4.78, 5) is 27.1. The first kappa shape index (κ1) is 19.2. The van der Waals surface area contributed by atoms with Crippen molar-refractivity contribution in [1.82, 2.24) is 9.47 Å². The summed E-state index contributed by atoms with van der Waals surface area (Å²) in [7, 11) is 1.45. The van der Waals surface area contributed by atoms with Gasteiger partial charge in [0.2, 0.25) is 5.91 Å². The van der Waals surface area contributed by atoms with Crippen LogP contribution in [-0.2, 0) is 22.6 Å². The molecule has 6 nitrogen and oxygen atoms in total. The number of nitrogens with zero attached hydrogens (tertiary/aromatic N) is 2. The van der Waals surface area contributed by atoms with Gasteiger partial charge in [-0.1, -0.05) is 29.8 Å². The summed E-state index contributed by atoms with van der Waals surface area (Å²) in [6, 6.07) is 11.4. The van der Waals surface area contributed by atoms with Crippen molar-refractivity contribution in [3.05, 3.63) is 64.1 Å². The molecule has 1 fully saturated rings. The number of ether oxygens (including phenoxy) is 2. The molecule has 2 aromatic rings. The number of amides is 1. The van der Waals surface area contributed by atoms with Crippen LogP contribution in [0.15, 0.2) is 47.4 Å². The maximum absolute atomic E-state index is 13.0. The quantitative estimate of drug-likeness (QED) is 0.751. The Balaban J connectivity index is 1.78. The number of pyridine rings is 1. The number of benzene rings is 1. The Morgan fingerprint density at radius 3 is 2.89 bits per heavy atom. The number of aryl methyl sites for hydroxylation is 1. The number of carbonyl (C=O) groups is 1. The molecule has 2 heterocycles. The molecular formula is C21H26N2O4. The third kappa shape index (κ3) is 4.98.